The molecule has 3 aromatic rings. The van der Waals surface area contributed by atoms with Crippen molar-refractivity contribution in [2.24, 2.45) is 0 Å². The van der Waals surface area contributed by atoms with Crippen molar-refractivity contribution in [3.05, 3.63) is 52.2 Å². The summed E-state index contributed by atoms with van der Waals surface area (Å²) >= 11 is 7.49. The van der Waals surface area contributed by atoms with E-state index in [1.54, 1.807) is 17.5 Å². The molecule has 1 aromatic carbocycles. The van der Waals surface area contributed by atoms with Crippen LogP contribution in [0.4, 0.5) is 5.00 Å². The lowest BCUT2D eigenvalue weighted by molar-refractivity contribution is -0.117. The number of carbonyl (C=O) groups is 1. The molecule has 144 valence electrons. The van der Waals surface area contributed by atoms with Crippen LogP contribution in [0.15, 0.2) is 40.1 Å². The Hall–Kier alpha value is -2.73. The number of amides is 1. The minimum Gasteiger partial charge on any atom is -0.419 e. The lowest BCUT2D eigenvalue weighted by atomic mass is 10.2. The SMILES string of the molecule is CCCN(CC(=O)Nc1sccc1C#N)Cc1nnc(-c2ccccc2Cl)o1. The Labute approximate surface area is 171 Å². The zero-order valence-corrected chi connectivity index (χ0v) is 16.8. The molecule has 1 N–H and O–H groups in total. The summed E-state index contributed by atoms with van der Waals surface area (Å²) < 4.78 is 5.73. The zero-order valence-electron chi connectivity index (χ0n) is 15.2. The van der Waals surface area contributed by atoms with Crippen LogP contribution in [0.5, 0.6) is 0 Å². The monoisotopic (exact) mass is 415 g/mol. The van der Waals surface area contributed by atoms with Crippen LogP contribution < -0.4 is 5.32 Å². The fraction of sp³-hybridized carbons (Fsp3) is 0.263. The highest BCUT2D eigenvalue weighted by molar-refractivity contribution is 7.14. The third-order valence-electron chi connectivity index (χ3n) is 3.88. The van der Waals surface area contributed by atoms with Crippen LogP contribution in [-0.4, -0.2) is 34.1 Å². The number of nitriles is 1. The van der Waals surface area contributed by atoms with E-state index in [9.17, 15) is 4.79 Å². The number of rotatable bonds is 8. The predicted octanol–water partition coefficient (Wildman–Crippen LogP) is 4.17. The first-order valence-electron chi connectivity index (χ1n) is 8.67. The second kappa shape index (κ2) is 9.46. The summed E-state index contributed by atoms with van der Waals surface area (Å²) in [4.78, 5) is 14.3. The quantitative estimate of drug-likeness (QED) is 0.593. The Kier molecular flexibility index (Phi) is 6.76. The number of halogens is 1. The Bertz CT molecular complexity index is 994. The summed E-state index contributed by atoms with van der Waals surface area (Å²) in [5.41, 5.74) is 1.13. The lowest BCUT2D eigenvalue weighted by Crippen LogP contribution is -2.33. The lowest BCUT2D eigenvalue weighted by Gasteiger charge is -2.18. The Morgan fingerprint density at radius 3 is 2.93 bits per heavy atom. The summed E-state index contributed by atoms with van der Waals surface area (Å²) in [6, 6.07) is 11.0. The molecular weight excluding hydrogens is 398 g/mol. The Balaban J connectivity index is 1.66. The fourth-order valence-electron chi connectivity index (χ4n) is 2.65. The molecule has 0 fully saturated rings. The van der Waals surface area contributed by atoms with Gasteiger partial charge < -0.3 is 9.73 Å². The Morgan fingerprint density at radius 2 is 2.18 bits per heavy atom. The van der Waals surface area contributed by atoms with Gasteiger partial charge in [0.25, 0.3) is 0 Å². The average Bonchev–Trinajstić information content (AvgIpc) is 3.31. The van der Waals surface area contributed by atoms with Crippen LogP contribution in [-0.2, 0) is 11.3 Å². The van der Waals surface area contributed by atoms with E-state index in [1.807, 2.05) is 30.0 Å². The molecular formula is C19H18ClN5O2S. The van der Waals surface area contributed by atoms with Crippen LogP contribution in [0.25, 0.3) is 11.5 Å². The first-order valence-corrected chi connectivity index (χ1v) is 9.93. The van der Waals surface area contributed by atoms with Crippen molar-refractivity contribution >= 4 is 33.8 Å². The van der Waals surface area contributed by atoms with Gasteiger partial charge in [0.1, 0.15) is 11.1 Å². The highest BCUT2D eigenvalue weighted by Gasteiger charge is 2.17. The van der Waals surface area contributed by atoms with Crippen molar-refractivity contribution in [2.75, 3.05) is 18.4 Å². The Morgan fingerprint density at radius 1 is 1.36 bits per heavy atom. The maximum Gasteiger partial charge on any atom is 0.249 e. The molecule has 0 saturated heterocycles. The average molecular weight is 416 g/mol. The van der Waals surface area contributed by atoms with Gasteiger partial charge in [0.2, 0.25) is 17.7 Å². The van der Waals surface area contributed by atoms with Crippen LogP contribution in [0, 0.1) is 11.3 Å². The molecule has 0 radical (unpaired) electrons. The van der Waals surface area contributed by atoms with E-state index in [1.165, 1.54) is 11.3 Å². The molecule has 28 heavy (non-hydrogen) atoms. The topological polar surface area (TPSA) is 95.1 Å². The largest absolute Gasteiger partial charge is 0.419 e. The van der Waals surface area contributed by atoms with Gasteiger partial charge in [-0.1, -0.05) is 30.7 Å². The van der Waals surface area contributed by atoms with Gasteiger partial charge in [-0.05, 0) is 36.5 Å². The number of carbonyl (C=O) groups excluding carboxylic acids is 1. The molecule has 0 saturated carbocycles. The molecule has 0 aliphatic carbocycles. The molecule has 0 atom stereocenters. The van der Waals surface area contributed by atoms with Gasteiger partial charge in [0.05, 0.1) is 29.2 Å². The van der Waals surface area contributed by atoms with E-state index in [0.29, 0.717) is 46.0 Å². The van der Waals surface area contributed by atoms with Gasteiger partial charge in [-0.15, -0.1) is 21.5 Å². The molecule has 0 aliphatic heterocycles. The summed E-state index contributed by atoms with van der Waals surface area (Å²) in [5.74, 6) is 0.557. The summed E-state index contributed by atoms with van der Waals surface area (Å²) in [6.45, 7) is 3.21. The third kappa shape index (κ3) is 4.95. The van der Waals surface area contributed by atoms with Crippen LogP contribution in [0.1, 0.15) is 24.8 Å². The predicted molar refractivity (Wildman–Crippen MR) is 108 cm³/mol. The van der Waals surface area contributed by atoms with Gasteiger partial charge in [0, 0.05) is 0 Å². The molecule has 3 rings (SSSR count). The number of aromatic nitrogens is 2. The minimum absolute atomic E-state index is 0.153. The normalized spacial score (nSPS) is 10.8. The second-order valence-electron chi connectivity index (χ2n) is 6.01. The zero-order chi connectivity index (χ0) is 19.9. The van der Waals surface area contributed by atoms with Crippen molar-refractivity contribution in [3.63, 3.8) is 0 Å². The van der Waals surface area contributed by atoms with Crippen LogP contribution in [0.3, 0.4) is 0 Å². The number of benzene rings is 1. The van der Waals surface area contributed by atoms with E-state index >= 15 is 0 Å². The molecule has 0 spiro atoms. The molecule has 9 heteroatoms. The summed E-state index contributed by atoms with van der Waals surface area (Å²) in [5, 5.41) is 22.8. The van der Waals surface area contributed by atoms with Gasteiger partial charge >= 0.3 is 0 Å². The number of hydrogen-bond donors (Lipinski definition) is 1. The number of hydrogen-bond acceptors (Lipinski definition) is 7. The molecule has 0 aliphatic rings. The highest BCUT2D eigenvalue weighted by Crippen LogP contribution is 2.26. The number of anilines is 1. The van der Waals surface area contributed by atoms with E-state index in [4.69, 9.17) is 21.3 Å². The van der Waals surface area contributed by atoms with Crippen molar-refractivity contribution in [1.29, 1.82) is 5.26 Å². The van der Waals surface area contributed by atoms with E-state index in [0.717, 1.165) is 6.42 Å². The van der Waals surface area contributed by atoms with Gasteiger partial charge in [-0.25, -0.2) is 0 Å². The molecule has 0 unspecified atom stereocenters. The van der Waals surface area contributed by atoms with E-state index < -0.39 is 0 Å². The first-order chi connectivity index (χ1) is 13.6. The van der Waals surface area contributed by atoms with Crippen molar-refractivity contribution in [2.45, 2.75) is 19.9 Å². The van der Waals surface area contributed by atoms with Crippen molar-refractivity contribution < 1.29 is 9.21 Å². The van der Waals surface area contributed by atoms with E-state index in [2.05, 4.69) is 21.6 Å². The van der Waals surface area contributed by atoms with Crippen molar-refractivity contribution in [1.82, 2.24) is 15.1 Å². The molecule has 1 amide bonds. The minimum atomic E-state index is -0.196. The number of nitrogens with one attached hydrogen (secondary N) is 1. The van der Waals surface area contributed by atoms with Crippen molar-refractivity contribution in [3.8, 4) is 17.5 Å². The van der Waals surface area contributed by atoms with Gasteiger partial charge in [-0.2, -0.15) is 5.26 Å². The molecule has 2 aromatic heterocycles. The molecule has 0 bridgehead atoms. The summed E-state index contributed by atoms with van der Waals surface area (Å²) in [7, 11) is 0. The van der Waals surface area contributed by atoms with Gasteiger partial charge in [-0.3, -0.25) is 9.69 Å². The van der Waals surface area contributed by atoms with E-state index in [-0.39, 0.29) is 12.5 Å². The first kappa shape index (κ1) is 20.0. The third-order valence-corrected chi connectivity index (χ3v) is 5.04. The standard InChI is InChI=1S/C19H18ClN5O2S/c1-2-8-25(11-16(26)22-19-13(10-21)7-9-28-19)12-17-23-24-18(27-17)14-5-3-4-6-15(14)20/h3-7,9H,2,8,11-12H2,1H3,(H,22,26). The second-order valence-corrected chi connectivity index (χ2v) is 7.34. The number of nitrogens with zero attached hydrogens (tertiary/aromatic N) is 4. The molecule has 7 nitrogen and oxygen atoms in total. The highest BCUT2D eigenvalue weighted by atomic mass is 35.5. The number of thiophene rings is 1. The van der Waals surface area contributed by atoms with Gasteiger partial charge in [0.15, 0.2) is 0 Å². The smallest absolute Gasteiger partial charge is 0.249 e. The van der Waals surface area contributed by atoms with Crippen LogP contribution in [0.2, 0.25) is 5.02 Å². The fourth-order valence-corrected chi connectivity index (χ4v) is 3.62. The maximum absolute atomic E-state index is 12.4. The maximum atomic E-state index is 12.4. The molecule has 2 heterocycles. The summed E-state index contributed by atoms with van der Waals surface area (Å²) in [6.07, 6.45) is 0.862. The van der Waals surface area contributed by atoms with Crippen LogP contribution >= 0.6 is 22.9 Å².